The number of hydrogen-bond donors (Lipinski definition) is 2. The fraction of sp³-hybridized carbons (Fsp3) is 0.933. The van der Waals surface area contributed by atoms with Crippen LogP contribution >= 0.6 is 24.0 Å². The lowest BCUT2D eigenvalue weighted by Crippen LogP contribution is -2.55. The van der Waals surface area contributed by atoms with Crippen LogP contribution in [-0.2, 0) is 0 Å². The molecular weight excluding hydrogens is 363 g/mol. The summed E-state index contributed by atoms with van der Waals surface area (Å²) in [6.45, 7) is 2.08. The first-order valence-electron chi connectivity index (χ1n) is 7.78. The lowest BCUT2D eigenvalue weighted by molar-refractivity contribution is 0.104. The smallest absolute Gasteiger partial charge is 0.191 e. The highest BCUT2D eigenvalue weighted by Crippen LogP contribution is 2.31. The molecule has 0 aliphatic heterocycles. The minimum absolute atomic E-state index is 0. The topological polar surface area (TPSA) is 39.7 Å². The lowest BCUT2D eigenvalue weighted by Gasteiger charge is -2.43. The van der Waals surface area contributed by atoms with Gasteiger partial charge in [-0.2, -0.15) is 0 Å². The van der Waals surface area contributed by atoms with Crippen molar-refractivity contribution in [2.24, 2.45) is 10.9 Å². The molecule has 0 heterocycles. The Morgan fingerprint density at radius 1 is 1.15 bits per heavy atom. The third-order valence-electron chi connectivity index (χ3n) is 4.80. The van der Waals surface area contributed by atoms with Gasteiger partial charge in [-0.05, 0) is 45.7 Å². The van der Waals surface area contributed by atoms with E-state index in [2.05, 4.69) is 34.6 Å². The summed E-state index contributed by atoms with van der Waals surface area (Å²) in [6.07, 6.45) is 9.46. The molecule has 2 saturated carbocycles. The molecule has 0 aromatic rings. The lowest BCUT2D eigenvalue weighted by atomic mass is 9.80. The highest BCUT2D eigenvalue weighted by molar-refractivity contribution is 14.0. The van der Waals surface area contributed by atoms with Crippen LogP contribution in [0.1, 0.15) is 44.9 Å². The Morgan fingerprint density at radius 3 is 2.30 bits per heavy atom. The van der Waals surface area contributed by atoms with Crippen LogP contribution in [0.5, 0.6) is 0 Å². The quantitative estimate of drug-likeness (QED) is 0.428. The Kier molecular flexibility index (Phi) is 7.58. The van der Waals surface area contributed by atoms with Gasteiger partial charge in [-0.15, -0.1) is 24.0 Å². The monoisotopic (exact) mass is 394 g/mol. The zero-order valence-corrected chi connectivity index (χ0v) is 15.6. The Bertz CT molecular complexity index is 307. The molecule has 2 fully saturated rings. The molecule has 2 rings (SSSR count). The number of guanidine groups is 1. The van der Waals surface area contributed by atoms with Crippen molar-refractivity contribution < 1.29 is 0 Å². The van der Waals surface area contributed by atoms with E-state index in [0.717, 1.165) is 25.0 Å². The molecule has 5 heteroatoms. The Hall–Kier alpha value is -0.0400. The van der Waals surface area contributed by atoms with Gasteiger partial charge >= 0.3 is 0 Å². The standard InChI is InChI=1S/C15H30N4.HI/c1-16-14(17-11-13-7-8-13)18-12-15(19(2)3)9-5-4-6-10-15;/h13H,4-12H2,1-3H3,(H2,16,17,18);1H. The van der Waals surface area contributed by atoms with Gasteiger partial charge in [0.1, 0.15) is 0 Å². The summed E-state index contributed by atoms with van der Waals surface area (Å²) in [7, 11) is 6.30. The number of likely N-dealkylation sites (N-methyl/N-ethyl adjacent to an activating group) is 1. The largest absolute Gasteiger partial charge is 0.356 e. The number of rotatable bonds is 5. The number of nitrogens with zero attached hydrogens (tertiary/aromatic N) is 2. The predicted molar refractivity (Wildman–Crippen MR) is 97.0 cm³/mol. The van der Waals surface area contributed by atoms with Crippen molar-refractivity contribution in [3.63, 3.8) is 0 Å². The molecule has 20 heavy (non-hydrogen) atoms. The van der Waals surface area contributed by atoms with E-state index in [4.69, 9.17) is 0 Å². The maximum absolute atomic E-state index is 4.34. The third kappa shape index (κ3) is 5.06. The van der Waals surface area contributed by atoms with Gasteiger partial charge in [-0.25, -0.2) is 0 Å². The van der Waals surface area contributed by atoms with E-state index in [1.807, 2.05) is 7.05 Å². The van der Waals surface area contributed by atoms with Crippen LogP contribution in [0, 0.1) is 5.92 Å². The van der Waals surface area contributed by atoms with Gasteiger partial charge in [-0.1, -0.05) is 19.3 Å². The molecule has 2 aliphatic rings. The van der Waals surface area contributed by atoms with Crippen molar-refractivity contribution in [1.29, 1.82) is 0 Å². The molecular formula is C15H31IN4. The van der Waals surface area contributed by atoms with Gasteiger partial charge in [0.05, 0.1) is 0 Å². The van der Waals surface area contributed by atoms with Gasteiger partial charge in [0.2, 0.25) is 0 Å². The van der Waals surface area contributed by atoms with Crippen molar-refractivity contribution in [3.05, 3.63) is 0 Å². The van der Waals surface area contributed by atoms with E-state index in [1.54, 1.807) is 0 Å². The van der Waals surface area contributed by atoms with Crippen LogP contribution in [-0.4, -0.2) is 50.6 Å². The maximum atomic E-state index is 4.34. The van der Waals surface area contributed by atoms with Crippen molar-refractivity contribution in [2.45, 2.75) is 50.5 Å². The van der Waals surface area contributed by atoms with Crippen LogP contribution in [0.3, 0.4) is 0 Å². The molecule has 0 amide bonds. The molecule has 0 bridgehead atoms. The summed E-state index contributed by atoms with van der Waals surface area (Å²) < 4.78 is 0. The number of halogens is 1. The second kappa shape index (κ2) is 8.41. The molecule has 0 aromatic carbocycles. The third-order valence-corrected chi connectivity index (χ3v) is 4.80. The van der Waals surface area contributed by atoms with Gasteiger partial charge in [0.15, 0.2) is 5.96 Å². The van der Waals surface area contributed by atoms with Crippen molar-refractivity contribution in [3.8, 4) is 0 Å². The Balaban J connectivity index is 0.00000200. The van der Waals surface area contributed by atoms with E-state index < -0.39 is 0 Å². The van der Waals surface area contributed by atoms with Crippen LogP contribution in [0.4, 0.5) is 0 Å². The summed E-state index contributed by atoms with van der Waals surface area (Å²) in [5.74, 6) is 1.86. The van der Waals surface area contributed by atoms with E-state index >= 15 is 0 Å². The SMILES string of the molecule is CN=C(NCC1CC1)NCC1(N(C)C)CCCCC1.I. The number of nitrogens with one attached hydrogen (secondary N) is 2. The first-order chi connectivity index (χ1) is 9.16. The molecule has 0 unspecified atom stereocenters. The maximum Gasteiger partial charge on any atom is 0.191 e. The molecule has 2 N–H and O–H groups in total. The molecule has 118 valence electrons. The highest BCUT2D eigenvalue weighted by atomic mass is 127. The molecule has 2 aliphatic carbocycles. The minimum Gasteiger partial charge on any atom is -0.356 e. The first-order valence-corrected chi connectivity index (χ1v) is 7.78. The van der Waals surface area contributed by atoms with Gasteiger partial charge in [-0.3, -0.25) is 4.99 Å². The highest BCUT2D eigenvalue weighted by Gasteiger charge is 2.34. The van der Waals surface area contributed by atoms with Crippen LogP contribution in [0.2, 0.25) is 0 Å². The van der Waals surface area contributed by atoms with Crippen LogP contribution < -0.4 is 10.6 Å². The van der Waals surface area contributed by atoms with E-state index in [-0.39, 0.29) is 24.0 Å². The van der Waals surface area contributed by atoms with Crippen LogP contribution in [0.15, 0.2) is 4.99 Å². The average Bonchev–Trinajstić information content (AvgIpc) is 3.24. The predicted octanol–water partition coefficient (Wildman–Crippen LogP) is 2.44. The number of hydrogen-bond acceptors (Lipinski definition) is 2. The zero-order chi connectivity index (χ0) is 13.7. The Morgan fingerprint density at radius 2 is 1.80 bits per heavy atom. The molecule has 0 atom stereocenters. The van der Waals surface area contributed by atoms with Crippen molar-refractivity contribution in [2.75, 3.05) is 34.2 Å². The Labute approximate surface area is 141 Å². The second-order valence-electron chi connectivity index (χ2n) is 6.43. The van der Waals surface area contributed by atoms with Crippen molar-refractivity contribution >= 4 is 29.9 Å². The number of aliphatic imine (C=N–C) groups is 1. The van der Waals surface area contributed by atoms with Gasteiger partial charge in [0, 0.05) is 25.7 Å². The first kappa shape index (κ1) is 18.0. The fourth-order valence-electron chi connectivity index (χ4n) is 3.02. The molecule has 0 aromatic heterocycles. The summed E-state index contributed by atoms with van der Waals surface area (Å²) in [5.41, 5.74) is 0.315. The normalized spacial score (nSPS) is 22.3. The molecule has 0 saturated heterocycles. The van der Waals surface area contributed by atoms with Gasteiger partial charge < -0.3 is 15.5 Å². The van der Waals surface area contributed by atoms with E-state index in [0.29, 0.717) is 5.54 Å². The summed E-state index contributed by atoms with van der Waals surface area (Å²) >= 11 is 0. The average molecular weight is 394 g/mol. The summed E-state index contributed by atoms with van der Waals surface area (Å²) in [6, 6.07) is 0. The van der Waals surface area contributed by atoms with Crippen molar-refractivity contribution in [1.82, 2.24) is 15.5 Å². The van der Waals surface area contributed by atoms with Gasteiger partial charge in [0.25, 0.3) is 0 Å². The fourth-order valence-corrected chi connectivity index (χ4v) is 3.02. The van der Waals surface area contributed by atoms with E-state index in [9.17, 15) is 0 Å². The minimum atomic E-state index is 0. The summed E-state index contributed by atoms with van der Waals surface area (Å²) in [5, 5.41) is 6.99. The second-order valence-corrected chi connectivity index (χ2v) is 6.43. The molecule has 0 radical (unpaired) electrons. The molecule has 4 nitrogen and oxygen atoms in total. The van der Waals surface area contributed by atoms with Crippen LogP contribution in [0.25, 0.3) is 0 Å². The molecule has 0 spiro atoms. The van der Waals surface area contributed by atoms with E-state index in [1.165, 1.54) is 44.9 Å². The zero-order valence-electron chi connectivity index (χ0n) is 13.2. The summed E-state index contributed by atoms with van der Waals surface area (Å²) in [4.78, 5) is 6.75.